The van der Waals surface area contributed by atoms with E-state index in [1.165, 1.54) is 92.7 Å². The van der Waals surface area contributed by atoms with Crippen LogP contribution in [0.25, 0.3) is 115 Å². The Hall–Kier alpha value is -6.38. The molecular weight excluding hydrogens is 583 g/mol. The summed E-state index contributed by atoms with van der Waals surface area (Å²) in [5.74, 6) is 0. The van der Waals surface area contributed by atoms with Gasteiger partial charge in [-0.3, -0.25) is 0 Å². The molecular formula is C46H25NO. The van der Waals surface area contributed by atoms with Gasteiger partial charge in [0, 0.05) is 37.7 Å². The smallest absolute Gasteiger partial charge is 0.160 e. The maximum absolute atomic E-state index is 7.03. The van der Waals surface area contributed by atoms with Crippen LogP contribution in [0.15, 0.2) is 156 Å². The molecule has 0 aliphatic heterocycles. The third-order valence-electron chi connectivity index (χ3n) is 10.9. The number of hydrogen-bond acceptors (Lipinski definition) is 1. The van der Waals surface area contributed by atoms with Crippen LogP contribution >= 0.6 is 0 Å². The van der Waals surface area contributed by atoms with Crippen LogP contribution in [-0.2, 0) is 0 Å². The first-order valence-electron chi connectivity index (χ1n) is 16.6. The molecule has 2 aromatic heterocycles. The van der Waals surface area contributed by atoms with Gasteiger partial charge < -0.3 is 8.98 Å². The molecule has 9 aromatic carbocycles. The molecule has 0 fully saturated rings. The topological polar surface area (TPSA) is 18.1 Å². The van der Waals surface area contributed by atoms with E-state index in [2.05, 4.69) is 156 Å². The first kappa shape index (κ1) is 24.8. The normalized spacial score (nSPS) is 12.6. The molecule has 0 spiro atoms. The summed E-state index contributed by atoms with van der Waals surface area (Å²) in [6.07, 6.45) is 0. The van der Waals surface area contributed by atoms with E-state index < -0.39 is 0 Å². The molecule has 12 rings (SSSR count). The summed E-state index contributed by atoms with van der Waals surface area (Å²) in [4.78, 5) is 0. The molecule has 48 heavy (non-hydrogen) atoms. The van der Waals surface area contributed by atoms with Gasteiger partial charge in [-0.1, -0.05) is 133 Å². The molecule has 2 nitrogen and oxygen atoms in total. The zero-order valence-corrected chi connectivity index (χ0v) is 25.8. The Morgan fingerprint density at radius 1 is 0.333 bits per heavy atom. The van der Waals surface area contributed by atoms with Crippen molar-refractivity contribution in [3.8, 4) is 27.9 Å². The van der Waals surface area contributed by atoms with Gasteiger partial charge in [-0.2, -0.15) is 0 Å². The molecule has 0 N–H and O–H groups in total. The fourth-order valence-electron chi connectivity index (χ4n) is 9.07. The molecule has 0 saturated carbocycles. The maximum Gasteiger partial charge on any atom is 0.160 e. The van der Waals surface area contributed by atoms with Gasteiger partial charge >= 0.3 is 0 Å². The van der Waals surface area contributed by atoms with E-state index in [1.807, 2.05) is 0 Å². The van der Waals surface area contributed by atoms with Crippen LogP contribution in [0, 0.1) is 0 Å². The lowest BCUT2D eigenvalue weighted by atomic mass is 9.89. The summed E-state index contributed by atoms with van der Waals surface area (Å²) in [5.41, 5.74) is 10.5. The third-order valence-corrected chi connectivity index (χ3v) is 10.9. The lowest BCUT2D eigenvalue weighted by Crippen LogP contribution is -1.96. The average molecular weight is 608 g/mol. The fourth-order valence-corrected chi connectivity index (χ4v) is 9.07. The summed E-state index contributed by atoms with van der Waals surface area (Å²) in [6.45, 7) is 0. The number of benzene rings is 9. The van der Waals surface area contributed by atoms with Crippen molar-refractivity contribution in [1.82, 2.24) is 4.57 Å². The first-order chi connectivity index (χ1) is 23.9. The Bertz CT molecular complexity index is 3200. The quantitative estimate of drug-likeness (QED) is 0.170. The average Bonchev–Trinajstić information content (AvgIpc) is 3.81. The van der Waals surface area contributed by atoms with Crippen LogP contribution in [0.4, 0.5) is 0 Å². The second-order valence-corrected chi connectivity index (χ2v) is 13.1. The predicted molar refractivity (Wildman–Crippen MR) is 203 cm³/mol. The highest BCUT2D eigenvalue weighted by molar-refractivity contribution is 6.44. The molecule has 0 radical (unpaired) electrons. The van der Waals surface area contributed by atoms with Gasteiger partial charge in [-0.15, -0.1) is 0 Å². The molecule has 1 aliphatic rings. The highest BCUT2D eigenvalue weighted by Crippen LogP contribution is 2.52. The number of rotatable bonds is 1. The number of aromatic nitrogens is 1. The van der Waals surface area contributed by atoms with Gasteiger partial charge in [0.1, 0.15) is 5.58 Å². The van der Waals surface area contributed by atoms with Gasteiger partial charge in [0.2, 0.25) is 0 Å². The zero-order valence-electron chi connectivity index (χ0n) is 25.8. The van der Waals surface area contributed by atoms with Crippen molar-refractivity contribution >= 4 is 86.8 Å². The summed E-state index contributed by atoms with van der Waals surface area (Å²) in [5, 5.41) is 15.0. The minimum absolute atomic E-state index is 0.909. The Labute approximate surface area is 274 Å². The summed E-state index contributed by atoms with van der Waals surface area (Å²) in [6, 6.07) is 55.5. The Kier molecular flexibility index (Phi) is 4.49. The molecule has 11 aromatic rings. The third kappa shape index (κ3) is 2.86. The van der Waals surface area contributed by atoms with Crippen LogP contribution in [-0.4, -0.2) is 4.57 Å². The first-order valence-corrected chi connectivity index (χ1v) is 16.6. The van der Waals surface area contributed by atoms with Crippen molar-refractivity contribution in [2.45, 2.75) is 0 Å². The van der Waals surface area contributed by atoms with Crippen LogP contribution < -0.4 is 0 Å². The van der Waals surface area contributed by atoms with E-state index in [9.17, 15) is 0 Å². The molecule has 2 heteroatoms. The predicted octanol–water partition coefficient (Wildman–Crippen LogP) is 12.9. The minimum Gasteiger partial charge on any atom is -0.454 e. The molecule has 0 amide bonds. The number of hydrogen-bond donors (Lipinski definition) is 0. The van der Waals surface area contributed by atoms with E-state index >= 15 is 0 Å². The van der Waals surface area contributed by atoms with E-state index in [0.29, 0.717) is 0 Å². The summed E-state index contributed by atoms with van der Waals surface area (Å²) < 4.78 is 9.52. The molecule has 0 atom stereocenters. The lowest BCUT2D eigenvalue weighted by molar-refractivity contribution is 0.671. The van der Waals surface area contributed by atoms with Crippen molar-refractivity contribution in [2.75, 3.05) is 0 Å². The largest absolute Gasteiger partial charge is 0.454 e. The van der Waals surface area contributed by atoms with E-state index in [4.69, 9.17) is 4.42 Å². The molecule has 0 bridgehead atoms. The molecule has 2 heterocycles. The zero-order chi connectivity index (χ0) is 31.1. The van der Waals surface area contributed by atoms with E-state index in [0.717, 1.165) is 22.1 Å². The standard InChI is InChI=1S/C46H25NO/c1-2-15-29-26(12-1)30-20-11-21-34-38(25-24-33(29)40(30)34)47-37-22-9-7-18-35(37)43-41-31-16-5-3-13-27(31)28-14-4-6-17-32(28)42(41)44-36-19-8-10-23-39(36)48-46(44)45(43)47/h1-25H. The van der Waals surface area contributed by atoms with Crippen molar-refractivity contribution in [3.05, 3.63) is 152 Å². The molecule has 1 aliphatic carbocycles. The van der Waals surface area contributed by atoms with Gasteiger partial charge in [0.25, 0.3) is 0 Å². The van der Waals surface area contributed by atoms with Crippen molar-refractivity contribution in [3.63, 3.8) is 0 Å². The van der Waals surface area contributed by atoms with Gasteiger partial charge in [-0.25, -0.2) is 0 Å². The Morgan fingerprint density at radius 3 is 1.62 bits per heavy atom. The monoisotopic (exact) mass is 607 g/mol. The lowest BCUT2D eigenvalue weighted by Gasteiger charge is -2.15. The second-order valence-electron chi connectivity index (χ2n) is 13.1. The number of para-hydroxylation sites is 2. The van der Waals surface area contributed by atoms with Crippen LogP contribution in [0.1, 0.15) is 0 Å². The van der Waals surface area contributed by atoms with Gasteiger partial charge in [0.15, 0.2) is 5.58 Å². The number of furan rings is 1. The molecule has 0 saturated heterocycles. The maximum atomic E-state index is 7.03. The Morgan fingerprint density at radius 2 is 0.875 bits per heavy atom. The van der Waals surface area contributed by atoms with Gasteiger partial charge in [0.05, 0.1) is 16.7 Å². The van der Waals surface area contributed by atoms with Crippen LogP contribution in [0.2, 0.25) is 0 Å². The minimum atomic E-state index is 0.909. The van der Waals surface area contributed by atoms with Crippen LogP contribution in [0.3, 0.4) is 0 Å². The fraction of sp³-hybridized carbons (Fsp3) is 0. The van der Waals surface area contributed by atoms with Crippen LogP contribution in [0.5, 0.6) is 0 Å². The van der Waals surface area contributed by atoms with E-state index in [1.54, 1.807) is 0 Å². The summed E-state index contributed by atoms with van der Waals surface area (Å²) >= 11 is 0. The summed E-state index contributed by atoms with van der Waals surface area (Å²) in [7, 11) is 0. The molecule has 220 valence electrons. The second kappa shape index (κ2) is 8.70. The molecule has 0 unspecified atom stereocenters. The number of nitrogens with zero attached hydrogens (tertiary/aromatic N) is 1. The Balaban J connectivity index is 1.40. The highest BCUT2D eigenvalue weighted by Gasteiger charge is 2.28. The van der Waals surface area contributed by atoms with Crippen molar-refractivity contribution in [2.24, 2.45) is 0 Å². The number of fused-ring (bicyclic) bond motifs is 18. The SMILES string of the molecule is c1ccc2c(c1)-c1cccc3c(-n4c5ccccc5c5c6c7ccccc7c7ccccc7c6c6c7ccccc7oc6c54)ccc-2c13. The van der Waals surface area contributed by atoms with E-state index in [-0.39, 0.29) is 0 Å². The highest BCUT2D eigenvalue weighted by atomic mass is 16.3. The van der Waals surface area contributed by atoms with Crippen molar-refractivity contribution in [1.29, 1.82) is 0 Å². The van der Waals surface area contributed by atoms with Gasteiger partial charge in [-0.05, 0) is 67.4 Å². The van der Waals surface area contributed by atoms with Crippen molar-refractivity contribution < 1.29 is 4.42 Å².